The quantitative estimate of drug-likeness (QED) is 0.412. The van der Waals surface area contributed by atoms with Crippen LogP contribution in [0.1, 0.15) is 29.8 Å². The van der Waals surface area contributed by atoms with Crippen molar-refractivity contribution >= 4 is 47.0 Å². The third-order valence-corrected chi connectivity index (χ3v) is 5.65. The van der Waals surface area contributed by atoms with E-state index in [4.69, 9.17) is 5.73 Å². The third-order valence-electron chi connectivity index (χ3n) is 4.20. The lowest BCUT2D eigenvalue weighted by Crippen LogP contribution is -2.25. The van der Waals surface area contributed by atoms with Gasteiger partial charge in [-0.05, 0) is 12.5 Å². The van der Waals surface area contributed by atoms with Gasteiger partial charge in [0.2, 0.25) is 11.7 Å². The normalized spacial score (nSPS) is 13.8. The number of carbonyl (C=O) groups excluding carboxylic acids is 2. The molecule has 0 spiro atoms. The van der Waals surface area contributed by atoms with Crippen LogP contribution in [0.25, 0.3) is 0 Å². The molecule has 4 N–H and O–H groups in total. The molecule has 0 aromatic carbocycles. The summed E-state index contributed by atoms with van der Waals surface area (Å²) in [6, 6.07) is 1.92. The maximum atomic E-state index is 11.7. The highest BCUT2D eigenvalue weighted by Crippen LogP contribution is 2.34. The van der Waals surface area contributed by atoms with Gasteiger partial charge in [-0.15, -0.1) is 16.9 Å². The van der Waals surface area contributed by atoms with Crippen LogP contribution in [0.15, 0.2) is 53.6 Å². The molecule has 0 unspecified atom stereocenters. The molecule has 0 aliphatic carbocycles. The van der Waals surface area contributed by atoms with Gasteiger partial charge in [-0.3, -0.25) is 14.7 Å². The van der Waals surface area contributed by atoms with Gasteiger partial charge in [0.15, 0.2) is 0 Å². The van der Waals surface area contributed by atoms with E-state index in [1.165, 1.54) is 11.9 Å². The summed E-state index contributed by atoms with van der Waals surface area (Å²) in [6.45, 7) is 5.55. The van der Waals surface area contributed by atoms with E-state index in [9.17, 15) is 9.59 Å². The number of anilines is 2. The molecule has 0 fully saturated rings. The fourth-order valence-corrected chi connectivity index (χ4v) is 4.02. The SMILES string of the molecule is C=C/C=C(\C=C/C)Cc1nc(C(N)=O)n[nH]1.CSNc1cc2c(cn1)SCCC(=O)N2C. The van der Waals surface area contributed by atoms with Gasteiger partial charge < -0.3 is 15.4 Å². The number of H-pyrrole nitrogens is 1. The number of amides is 2. The second-order valence-electron chi connectivity index (χ2n) is 6.52. The zero-order valence-corrected chi connectivity index (χ0v) is 19.9. The van der Waals surface area contributed by atoms with Gasteiger partial charge in [0.1, 0.15) is 11.6 Å². The number of pyridine rings is 1. The Morgan fingerprint density at radius 3 is 2.91 bits per heavy atom. The maximum Gasteiger partial charge on any atom is 0.288 e. The van der Waals surface area contributed by atoms with Crippen molar-refractivity contribution in [1.82, 2.24) is 20.2 Å². The largest absolute Gasteiger partial charge is 0.363 e. The number of fused-ring (bicyclic) bond motifs is 1. The van der Waals surface area contributed by atoms with Crippen LogP contribution in [-0.2, 0) is 11.2 Å². The van der Waals surface area contributed by atoms with Crippen molar-refractivity contribution in [3.63, 3.8) is 0 Å². The Morgan fingerprint density at radius 2 is 2.28 bits per heavy atom. The predicted molar refractivity (Wildman–Crippen MR) is 132 cm³/mol. The van der Waals surface area contributed by atoms with E-state index in [0.717, 1.165) is 27.7 Å². The number of aromatic amines is 1. The van der Waals surface area contributed by atoms with Gasteiger partial charge in [-0.2, -0.15) is 0 Å². The number of thioether (sulfide) groups is 1. The molecule has 3 heterocycles. The van der Waals surface area contributed by atoms with Crippen LogP contribution < -0.4 is 15.4 Å². The minimum Gasteiger partial charge on any atom is -0.363 e. The van der Waals surface area contributed by atoms with Crippen LogP contribution in [0.3, 0.4) is 0 Å². The smallest absolute Gasteiger partial charge is 0.288 e. The van der Waals surface area contributed by atoms with E-state index in [2.05, 4.69) is 31.5 Å². The summed E-state index contributed by atoms with van der Waals surface area (Å²) < 4.78 is 3.07. The molecular formula is C21H27N7O2S2. The lowest BCUT2D eigenvalue weighted by Gasteiger charge is -2.17. The summed E-state index contributed by atoms with van der Waals surface area (Å²) in [5, 5.41) is 6.36. The Morgan fingerprint density at radius 1 is 1.50 bits per heavy atom. The molecule has 0 atom stereocenters. The molecule has 9 nitrogen and oxygen atoms in total. The molecule has 2 amide bonds. The summed E-state index contributed by atoms with van der Waals surface area (Å²) in [6.07, 6.45) is 12.3. The van der Waals surface area contributed by atoms with Gasteiger partial charge >= 0.3 is 0 Å². The first-order chi connectivity index (χ1) is 15.4. The van der Waals surface area contributed by atoms with Gasteiger partial charge in [-0.25, -0.2) is 9.97 Å². The molecule has 0 saturated carbocycles. The Balaban J connectivity index is 0.000000227. The molecule has 11 heteroatoms. The maximum absolute atomic E-state index is 11.7. The lowest BCUT2D eigenvalue weighted by molar-refractivity contribution is -0.117. The lowest BCUT2D eigenvalue weighted by atomic mass is 10.1. The highest BCUT2D eigenvalue weighted by atomic mass is 32.2. The number of hydrogen-bond acceptors (Lipinski definition) is 8. The zero-order chi connectivity index (χ0) is 23.5. The number of hydrogen-bond donors (Lipinski definition) is 3. The summed E-state index contributed by atoms with van der Waals surface area (Å²) in [5.74, 6) is 1.74. The minimum absolute atomic E-state index is 0.00781. The average molecular weight is 474 g/mol. The van der Waals surface area contributed by atoms with Crippen molar-refractivity contribution in [3.05, 3.63) is 60.4 Å². The van der Waals surface area contributed by atoms with E-state index in [-0.39, 0.29) is 11.7 Å². The van der Waals surface area contributed by atoms with Crippen LogP contribution in [0.2, 0.25) is 0 Å². The predicted octanol–water partition coefficient (Wildman–Crippen LogP) is 3.36. The molecule has 0 radical (unpaired) electrons. The summed E-state index contributed by atoms with van der Waals surface area (Å²) in [7, 11) is 1.82. The molecular weight excluding hydrogens is 446 g/mol. The highest BCUT2D eigenvalue weighted by Gasteiger charge is 2.20. The number of rotatable bonds is 7. The van der Waals surface area contributed by atoms with E-state index in [0.29, 0.717) is 18.7 Å². The summed E-state index contributed by atoms with van der Waals surface area (Å²) in [5.41, 5.74) is 7.01. The average Bonchev–Trinajstić information content (AvgIpc) is 3.18. The Hall–Kier alpha value is -3.05. The molecule has 2 aromatic heterocycles. The summed E-state index contributed by atoms with van der Waals surface area (Å²) in [4.78, 5) is 33.5. The highest BCUT2D eigenvalue weighted by molar-refractivity contribution is 8.00. The number of aromatic nitrogens is 4. The Kier molecular flexibility index (Phi) is 10.0. The first-order valence-corrected chi connectivity index (χ1v) is 11.9. The molecule has 170 valence electrons. The number of allylic oxidation sites excluding steroid dienone is 5. The molecule has 1 aliphatic rings. The van der Waals surface area contributed by atoms with Crippen LogP contribution in [-0.4, -0.2) is 51.0 Å². The van der Waals surface area contributed by atoms with Crippen molar-refractivity contribution in [1.29, 1.82) is 0 Å². The van der Waals surface area contributed by atoms with Gasteiger partial charge in [0.05, 0.1) is 5.69 Å². The number of nitrogens with zero attached hydrogens (tertiary/aromatic N) is 4. The fourth-order valence-electron chi connectivity index (χ4n) is 2.73. The molecule has 3 rings (SSSR count). The van der Waals surface area contributed by atoms with E-state index in [1.807, 2.05) is 50.7 Å². The van der Waals surface area contributed by atoms with Crippen LogP contribution in [0.5, 0.6) is 0 Å². The van der Waals surface area contributed by atoms with Crippen molar-refractivity contribution < 1.29 is 9.59 Å². The first-order valence-electron chi connectivity index (χ1n) is 9.73. The number of nitrogens with one attached hydrogen (secondary N) is 2. The number of nitrogens with two attached hydrogens (primary N) is 1. The molecule has 0 saturated heterocycles. The van der Waals surface area contributed by atoms with Gasteiger partial charge in [0.25, 0.3) is 5.91 Å². The molecule has 32 heavy (non-hydrogen) atoms. The van der Waals surface area contributed by atoms with Gasteiger partial charge in [0, 0.05) is 49.1 Å². The summed E-state index contributed by atoms with van der Waals surface area (Å²) >= 11 is 3.17. The molecule has 2 aromatic rings. The van der Waals surface area contributed by atoms with Crippen LogP contribution >= 0.6 is 23.7 Å². The standard InChI is InChI=1S/C11H14N4O.C10H13N3OS2/c1-3-5-8(6-4-2)7-9-13-11(10(12)16)15-14-9;1-13-7-5-9(12-15-2)11-6-8(7)16-4-3-10(13)14/h3-6H,1,7H2,2H3,(H2,12,16)(H,13,14,15);5-6H,3-4H2,1-2H3,(H,11,12)/b6-4-,8-5+;. The van der Waals surface area contributed by atoms with Crippen LogP contribution in [0.4, 0.5) is 11.5 Å². The minimum atomic E-state index is -0.636. The first kappa shape index (κ1) is 25.2. The van der Waals surface area contributed by atoms with Crippen molar-refractivity contribution in [2.45, 2.75) is 24.7 Å². The number of carbonyl (C=O) groups is 2. The number of primary amides is 1. The van der Waals surface area contributed by atoms with E-state index < -0.39 is 5.91 Å². The van der Waals surface area contributed by atoms with E-state index >= 15 is 0 Å². The van der Waals surface area contributed by atoms with E-state index in [1.54, 1.807) is 22.7 Å². The fraction of sp³-hybridized carbons (Fsp3) is 0.286. The third kappa shape index (κ3) is 7.27. The Labute approximate surface area is 196 Å². The zero-order valence-electron chi connectivity index (χ0n) is 18.3. The second kappa shape index (κ2) is 12.7. The van der Waals surface area contributed by atoms with Gasteiger partial charge in [-0.1, -0.05) is 42.8 Å². The van der Waals surface area contributed by atoms with Crippen molar-refractivity contribution in [2.24, 2.45) is 5.73 Å². The monoisotopic (exact) mass is 473 g/mol. The molecule has 0 bridgehead atoms. The topological polar surface area (TPSA) is 130 Å². The molecule has 1 aliphatic heterocycles. The van der Waals surface area contributed by atoms with Crippen molar-refractivity contribution in [2.75, 3.05) is 28.7 Å². The van der Waals surface area contributed by atoms with Crippen molar-refractivity contribution in [3.8, 4) is 0 Å². The second-order valence-corrected chi connectivity index (χ2v) is 8.27. The Bertz CT molecular complexity index is 1020. The van der Waals surface area contributed by atoms with Crippen LogP contribution in [0, 0.1) is 0 Å².